The van der Waals surface area contributed by atoms with Crippen molar-refractivity contribution < 1.29 is 4.74 Å². The summed E-state index contributed by atoms with van der Waals surface area (Å²) in [5, 5.41) is 1.33. The molecule has 0 atom stereocenters. The Morgan fingerprint density at radius 3 is 2.29 bits per heavy atom. The molecule has 2 rings (SSSR count). The Balaban J connectivity index is 1.69. The van der Waals surface area contributed by atoms with E-state index in [1.54, 1.807) is 0 Å². The predicted octanol–water partition coefficient (Wildman–Crippen LogP) is 7.03. The minimum Gasteiger partial charge on any atom is -0.494 e. The highest BCUT2D eigenvalue weighted by molar-refractivity contribution is 5.84. The predicted molar refractivity (Wildman–Crippen MR) is 105 cm³/mol. The number of rotatable bonds is 13. The highest BCUT2D eigenvalue weighted by atomic mass is 16.5. The Labute approximate surface area is 148 Å². The molecule has 1 N–H and O–H groups in total. The van der Waals surface area contributed by atoms with Crippen molar-refractivity contribution in [1.82, 2.24) is 4.98 Å². The summed E-state index contributed by atoms with van der Waals surface area (Å²) in [6.45, 7) is 5.36. The first kappa shape index (κ1) is 18.9. The average Bonchev–Trinajstić information content (AvgIpc) is 3.01. The zero-order valence-electron chi connectivity index (χ0n) is 15.7. The molecule has 1 heterocycles. The molecule has 0 amide bonds. The second kappa shape index (κ2) is 11.2. The Hall–Kier alpha value is -1.44. The van der Waals surface area contributed by atoms with Crippen LogP contribution in [-0.4, -0.2) is 11.6 Å². The van der Waals surface area contributed by atoms with Crippen molar-refractivity contribution in [3.8, 4) is 5.75 Å². The molecule has 134 valence electrons. The number of ether oxygens (including phenoxy) is 1. The maximum absolute atomic E-state index is 5.97. The number of aromatic amines is 1. The normalized spacial score (nSPS) is 11.2. The van der Waals surface area contributed by atoms with Crippen LogP contribution in [0.15, 0.2) is 24.4 Å². The third-order valence-electron chi connectivity index (χ3n) is 4.81. The number of H-pyrrole nitrogens is 1. The van der Waals surface area contributed by atoms with Crippen LogP contribution in [0.25, 0.3) is 10.9 Å². The summed E-state index contributed by atoms with van der Waals surface area (Å²) < 4.78 is 5.97. The van der Waals surface area contributed by atoms with Gasteiger partial charge in [0.15, 0.2) is 0 Å². The van der Waals surface area contributed by atoms with Gasteiger partial charge in [-0.15, -0.1) is 0 Å². The smallest absolute Gasteiger partial charge is 0.120 e. The van der Waals surface area contributed by atoms with E-state index in [2.05, 4.69) is 43.2 Å². The van der Waals surface area contributed by atoms with Crippen molar-refractivity contribution in [2.75, 3.05) is 6.61 Å². The van der Waals surface area contributed by atoms with Gasteiger partial charge in [0, 0.05) is 17.1 Å². The van der Waals surface area contributed by atoms with Gasteiger partial charge in [-0.1, -0.05) is 65.2 Å². The molecule has 2 heteroatoms. The van der Waals surface area contributed by atoms with Crippen LogP contribution in [0.5, 0.6) is 5.75 Å². The number of aromatic nitrogens is 1. The van der Waals surface area contributed by atoms with Crippen LogP contribution in [0.2, 0.25) is 0 Å². The fourth-order valence-corrected chi connectivity index (χ4v) is 3.25. The van der Waals surface area contributed by atoms with E-state index in [1.165, 1.54) is 80.7 Å². The lowest BCUT2D eigenvalue weighted by Gasteiger charge is -2.07. The molecular formula is C22H35NO. The van der Waals surface area contributed by atoms with Gasteiger partial charge in [-0.3, -0.25) is 0 Å². The maximum atomic E-state index is 5.97. The zero-order chi connectivity index (χ0) is 17.0. The third-order valence-corrected chi connectivity index (χ3v) is 4.81. The van der Waals surface area contributed by atoms with Gasteiger partial charge in [-0.25, -0.2) is 0 Å². The minimum absolute atomic E-state index is 0.842. The molecule has 0 spiro atoms. The Morgan fingerprint density at radius 2 is 1.54 bits per heavy atom. The highest BCUT2D eigenvalue weighted by Gasteiger charge is 2.05. The first-order chi connectivity index (χ1) is 11.8. The number of nitrogens with one attached hydrogen (secondary N) is 1. The fraction of sp³-hybridized carbons (Fsp3) is 0.636. The molecule has 1 aromatic carbocycles. The molecule has 1 aromatic heterocycles. The highest BCUT2D eigenvalue weighted by Crippen LogP contribution is 2.25. The van der Waals surface area contributed by atoms with E-state index in [0.29, 0.717) is 0 Å². The van der Waals surface area contributed by atoms with Crippen molar-refractivity contribution in [3.63, 3.8) is 0 Å². The molecule has 0 aliphatic heterocycles. The molecule has 2 aromatic rings. The summed E-state index contributed by atoms with van der Waals surface area (Å²) >= 11 is 0. The van der Waals surface area contributed by atoms with Crippen LogP contribution >= 0.6 is 0 Å². The molecular weight excluding hydrogens is 294 g/mol. The number of hydrogen-bond acceptors (Lipinski definition) is 1. The Morgan fingerprint density at radius 1 is 0.833 bits per heavy atom. The van der Waals surface area contributed by atoms with Crippen molar-refractivity contribution in [3.05, 3.63) is 30.0 Å². The van der Waals surface area contributed by atoms with Crippen LogP contribution in [0.4, 0.5) is 0 Å². The summed E-state index contributed by atoms with van der Waals surface area (Å²) in [7, 11) is 0. The largest absolute Gasteiger partial charge is 0.494 e. The second-order valence-electron chi connectivity index (χ2n) is 6.95. The first-order valence-electron chi connectivity index (χ1n) is 10.1. The van der Waals surface area contributed by atoms with Gasteiger partial charge in [-0.05, 0) is 43.0 Å². The number of aryl methyl sites for hydroxylation is 1. The van der Waals surface area contributed by atoms with Gasteiger partial charge in [0.1, 0.15) is 5.75 Å². The van der Waals surface area contributed by atoms with Gasteiger partial charge >= 0.3 is 0 Å². The van der Waals surface area contributed by atoms with Crippen molar-refractivity contribution >= 4 is 10.9 Å². The molecule has 0 radical (unpaired) electrons. The van der Waals surface area contributed by atoms with E-state index in [1.807, 2.05) is 0 Å². The summed E-state index contributed by atoms with van der Waals surface area (Å²) in [6, 6.07) is 6.45. The quantitative estimate of drug-likeness (QED) is 0.392. The SMILES string of the molecule is CCCCCCCCCCOc1ccc2[nH]cc(CCCC)c2c1. The third kappa shape index (κ3) is 6.22. The number of hydrogen-bond donors (Lipinski definition) is 1. The molecule has 0 saturated heterocycles. The number of unbranched alkanes of at least 4 members (excludes halogenated alkanes) is 8. The molecule has 0 saturated carbocycles. The van der Waals surface area contributed by atoms with Crippen LogP contribution < -0.4 is 4.74 Å². The molecule has 0 fully saturated rings. The summed E-state index contributed by atoms with van der Waals surface area (Å²) in [6.07, 6.45) is 16.5. The second-order valence-corrected chi connectivity index (χ2v) is 6.95. The van der Waals surface area contributed by atoms with Gasteiger partial charge in [-0.2, -0.15) is 0 Å². The lowest BCUT2D eigenvalue weighted by molar-refractivity contribution is 0.304. The van der Waals surface area contributed by atoms with E-state index in [-0.39, 0.29) is 0 Å². The maximum Gasteiger partial charge on any atom is 0.120 e. The lowest BCUT2D eigenvalue weighted by Crippen LogP contribution is -1.97. The van der Waals surface area contributed by atoms with E-state index < -0.39 is 0 Å². The molecule has 0 aliphatic rings. The van der Waals surface area contributed by atoms with Gasteiger partial charge in [0.2, 0.25) is 0 Å². The number of fused-ring (bicyclic) bond motifs is 1. The van der Waals surface area contributed by atoms with Crippen LogP contribution in [0.3, 0.4) is 0 Å². The minimum atomic E-state index is 0.842. The van der Waals surface area contributed by atoms with Gasteiger partial charge in [0.25, 0.3) is 0 Å². The molecule has 2 nitrogen and oxygen atoms in total. The number of benzene rings is 1. The molecule has 0 aliphatic carbocycles. The summed E-state index contributed by atoms with van der Waals surface area (Å²) in [5.74, 6) is 1.02. The molecule has 0 unspecified atom stereocenters. The zero-order valence-corrected chi connectivity index (χ0v) is 15.7. The van der Waals surface area contributed by atoms with Crippen molar-refractivity contribution in [1.29, 1.82) is 0 Å². The topological polar surface area (TPSA) is 25.0 Å². The first-order valence-corrected chi connectivity index (χ1v) is 10.1. The average molecular weight is 330 g/mol. The Kier molecular flexibility index (Phi) is 8.80. The van der Waals surface area contributed by atoms with Crippen LogP contribution in [-0.2, 0) is 6.42 Å². The monoisotopic (exact) mass is 329 g/mol. The van der Waals surface area contributed by atoms with Gasteiger partial charge in [0.05, 0.1) is 6.61 Å². The molecule has 0 bridgehead atoms. The van der Waals surface area contributed by atoms with Crippen LogP contribution in [0.1, 0.15) is 83.6 Å². The van der Waals surface area contributed by atoms with E-state index in [9.17, 15) is 0 Å². The van der Waals surface area contributed by atoms with Crippen LogP contribution in [0, 0.1) is 0 Å². The Bertz CT molecular complexity index is 572. The van der Waals surface area contributed by atoms with E-state index >= 15 is 0 Å². The van der Waals surface area contributed by atoms with Crippen molar-refractivity contribution in [2.24, 2.45) is 0 Å². The standard InChI is InChI=1S/C22H35NO/c1-3-5-7-8-9-10-11-12-16-24-20-14-15-22-21(17-20)19(18-23-22)13-6-4-2/h14-15,17-18,23H,3-13,16H2,1-2H3. The summed E-state index contributed by atoms with van der Waals surface area (Å²) in [4.78, 5) is 3.37. The fourth-order valence-electron chi connectivity index (χ4n) is 3.25. The van der Waals surface area contributed by atoms with E-state index in [0.717, 1.165) is 18.8 Å². The van der Waals surface area contributed by atoms with Crippen molar-refractivity contribution in [2.45, 2.75) is 84.5 Å². The van der Waals surface area contributed by atoms with E-state index in [4.69, 9.17) is 4.74 Å². The lowest BCUT2D eigenvalue weighted by atomic mass is 10.1. The summed E-state index contributed by atoms with van der Waals surface area (Å²) in [5.41, 5.74) is 2.64. The van der Waals surface area contributed by atoms with Gasteiger partial charge < -0.3 is 9.72 Å². The molecule has 24 heavy (non-hydrogen) atoms.